The van der Waals surface area contributed by atoms with Crippen LogP contribution in [0.3, 0.4) is 0 Å². The second kappa shape index (κ2) is 6.24. The van der Waals surface area contributed by atoms with E-state index in [1.54, 1.807) is 23.5 Å². The van der Waals surface area contributed by atoms with E-state index in [9.17, 15) is 4.39 Å². The van der Waals surface area contributed by atoms with E-state index in [1.807, 2.05) is 23.4 Å². The highest BCUT2D eigenvalue weighted by Crippen LogP contribution is 2.30. The lowest BCUT2D eigenvalue weighted by Gasteiger charge is -2.20. The summed E-state index contributed by atoms with van der Waals surface area (Å²) in [7, 11) is 1.83. The van der Waals surface area contributed by atoms with Crippen LogP contribution < -0.4 is 10.6 Å². The van der Waals surface area contributed by atoms with Gasteiger partial charge in [-0.2, -0.15) is 0 Å². The zero-order valence-electron chi connectivity index (χ0n) is 10.6. The maximum absolute atomic E-state index is 14.3. The average Bonchev–Trinajstić information content (AvgIpc) is 2.77. The molecule has 0 aliphatic rings. The Morgan fingerprint density at radius 2 is 2.15 bits per heavy atom. The number of nitrogens with two attached hydrogens (primary N) is 1. The number of hydrogen-bond acceptors (Lipinski definition) is 3. The second-order valence-corrected chi connectivity index (χ2v) is 6.97. The minimum atomic E-state index is -0.407. The standard InChI is InChI=1S/C13H12Br2FN3S/c1-19(5-8-4-7(14)6-20-8)10-3-2-9(13(17)18)11(15)12(10)16/h2-4,6H,5H2,1H3,(H3,17,18). The number of nitrogens with zero attached hydrogens (tertiary/aromatic N) is 1. The normalized spacial score (nSPS) is 10.6. The van der Waals surface area contributed by atoms with E-state index in [0.717, 1.165) is 9.35 Å². The van der Waals surface area contributed by atoms with Gasteiger partial charge in [0.1, 0.15) is 5.84 Å². The first-order valence-corrected chi connectivity index (χ1v) is 8.13. The zero-order chi connectivity index (χ0) is 14.9. The van der Waals surface area contributed by atoms with Crippen molar-refractivity contribution < 1.29 is 4.39 Å². The molecule has 0 saturated carbocycles. The topological polar surface area (TPSA) is 53.1 Å². The summed E-state index contributed by atoms with van der Waals surface area (Å²) in [5.74, 6) is -0.567. The third-order valence-electron chi connectivity index (χ3n) is 2.78. The van der Waals surface area contributed by atoms with E-state index in [2.05, 4.69) is 31.9 Å². The van der Waals surface area contributed by atoms with E-state index in [-0.39, 0.29) is 10.3 Å². The van der Waals surface area contributed by atoms with Crippen molar-refractivity contribution in [3.05, 3.63) is 48.8 Å². The van der Waals surface area contributed by atoms with Crippen LogP contribution in [0.1, 0.15) is 10.4 Å². The van der Waals surface area contributed by atoms with Gasteiger partial charge >= 0.3 is 0 Å². The maximum Gasteiger partial charge on any atom is 0.161 e. The van der Waals surface area contributed by atoms with Gasteiger partial charge in [0, 0.05) is 27.3 Å². The molecule has 0 bridgehead atoms. The van der Waals surface area contributed by atoms with Crippen LogP contribution in [0, 0.1) is 11.2 Å². The zero-order valence-corrected chi connectivity index (χ0v) is 14.6. The minimum absolute atomic E-state index is 0.160. The molecule has 7 heteroatoms. The van der Waals surface area contributed by atoms with Gasteiger partial charge in [-0.3, -0.25) is 5.41 Å². The van der Waals surface area contributed by atoms with Crippen molar-refractivity contribution >= 4 is 54.7 Å². The Kier molecular flexibility index (Phi) is 4.82. The molecule has 0 aliphatic carbocycles. The number of halogens is 3. The number of nitrogens with one attached hydrogen (secondary N) is 1. The van der Waals surface area contributed by atoms with E-state index in [0.29, 0.717) is 17.8 Å². The summed E-state index contributed by atoms with van der Waals surface area (Å²) in [6.07, 6.45) is 0. The highest BCUT2D eigenvalue weighted by atomic mass is 79.9. The van der Waals surface area contributed by atoms with E-state index in [1.165, 1.54) is 0 Å². The number of amidine groups is 1. The average molecular weight is 421 g/mol. The molecule has 1 aromatic carbocycles. The van der Waals surface area contributed by atoms with Crippen molar-refractivity contribution in [1.29, 1.82) is 5.41 Å². The lowest BCUT2D eigenvalue weighted by atomic mass is 10.1. The first kappa shape index (κ1) is 15.5. The molecule has 0 saturated heterocycles. The van der Waals surface area contributed by atoms with Crippen LogP contribution in [-0.4, -0.2) is 12.9 Å². The maximum atomic E-state index is 14.3. The molecule has 106 valence electrons. The number of benzene rings is 1. The fourth-order valence-electron chi connectivity index (χ4n) is 1.80. The Morgan fingerprint density at radius 3 is 2.70 bits per heavy atom. The van der Waals surface area contributed by atoms with Gasteiger partial charge in [0.05, 0.1) is 16.7 Å². The summed E-state index contributed by atoms with van der Waals surface area (Å²) < 4.78 is 15.6. The van der Waals surface area contributed by atoms with Crippen LogP contribution in [-0.2, 0) is 6.54 Å². The van der Waals surface area contributed by atoms with E-state index < -0.39 is 5.82 Å². The fourth-order valence-corrected chi connectivity index (χ4v) is 3.85. The van der Waals surface area contributed by atoms with Crippen LogP contribution in [0.5, 0.6) is 0 Å². The summed E-state index contributed by atoms with van der Waals surface area (Å²) in [5, 5.41) is 9.39. The van der Waals surface area contributed by atoms with Crippen LogP contribution in [0.4, 0.5) is 10.1 Å². The highest BCUT2D eigenvalue weighted by molar-refractivity contribution is 9.10. The largest absolute Gasteiger partial charge is 0.384 e. The number of hydrogen-bond donors (Lipinski definition) is 2. The molecule has 20 heavy (non-hydrogen) atoms. The lowest BCUT2D eigenvalue weighted by molar-refractivity contribution is 0.615. The van der Waals surface area contributed by atoms with Gasteiger partial charge in [0.25, 0.3) is 0 Å². The molecule has 0 aliphatic heterocycles. The molecule has 3 nitrogen and oxygen atoms in total. The summed E-state index contributed by atoms with van der Waals surface area (Å²) in [6.45, 7) is 0.610. The summed E-state index contributed by atoms with van der Waals surface area (Å²) in [4.78, 5) is 2.95. The van der Waals surface area contributed by atoms with Gasteiger partial charge in [-0.25, -0.2) is 4.39 Å². The molecule has 1 aromatic heterocycles. The predicted molar refractivity (Wildman–Crippen MR) is 89.2 cm³/mol. The molecule has 2 rings (SSSR count). The molecule has 0 atom stereocenters. The molecule has 3 N–H and O–H groups in total. The molecular weight excluding hydrogens is 409 g/mol. The van der Waals surface area contributed by atoms with Crippen LogP contribution >= 0.6 is 43.2 Å². The van der Waals surface area contributed by atoms with E-state index in [4.69, 9.17) is 11.1 Å². The Morgan fingerprint density at radius 1 is 1.45 bits per heavy atom. The van der Waals surface area contributed by atoms with Crippen LogP contribution in [0.2, 0.25) is 0 Å². The number of rotatable bonds is 4. The van der Waals surface area contributed by atoms with Gasteiger partial charge in [-0.05, 0) is 50.1 Å². The Balaban J connectivity index is 2.28. The van der Waals surface area contributed by atoms with E-state index >= 15 is 0 Å². The number of nitrogen functional groups attached to an aromatic ring is 1. The van der Waals surface area contributed by atoms with Gasteiger partial charge in [0.2, 0.25) is 0 Å². The molecule has 0 spiro atoms. The number of anilines is 1. The Hall–Kier alpha value is -0.920. The summed E-state index contributed by atoms with van der Waals surface area (Å²) in [6, 6.07) is 5.29. The predicted octanol–water partition coefficient (Wildman–Crippen LogP) is 4.33. The van der Waals surface area contributed by atoms with Gasteiger partial charge in [0.15, 0.2) is 5.82 Å². The third kappa shape index (κ3) is 3.21. The quantitative estimate of drug-likeness (QED) is 0.571. The SMILES string of the molecule is CN(Cc1cc(Br)cs1)c1ccc(C(=N)N)c(Br)c1F. The third-order valence-corrected chi connectivity index (χ3v) is 5.24. The van der Waals surface area contributed by atoms with Crippen molar-refractivity contribution in [3.63, 3.8) is 0 Å². The van der Waals surface area contributed by atoms with Crippen LogP contribution in [0.25, 0.3) is 0 Å². The molecule has 0 fully saturated rings. The monoisotopic (exact) mass is 419 g/mol. The fraction of sp³-hybridized carbons (Fsp3) is 0.154. The van der Waals surface area contributed by atoms with Crippen molar-refractivity contribution in [2.75, 3.05) is 11.9 Å². The van der Waals surface area contributed by atoms with Crippen LogP contribution in [0.15, 0.2) is 32.5 Å². The first-order valence-electron chi connectivity index (χ1n) is 5.66. The van der Waals surface area contributed by atoms with Crippen molar-refractivity contribution in [2.45, 2.75) is 6.54 Å². The summed E-state index contributed by atoms with van der Waals surface area (Å²) in [5.41, 5.74) is 6.23. The lowest BCUT2D eigenvalue weighted by Crippen LogP contribution is -2.19. The van der Waals surface area contributed by atoms with Crippen molar-refractivity contribution in [3.8, 4) is 0 Å². The number of thiophene rings is 1. The van der Waals surface area contributed by atoms with Gasteiger partial charge in [-0.15, -0.1) is 11.3 Å². The smallest absolute Gasteiger partial charge is 0.161 e. The second-order valence-electron chi connectivity index (χ2n) is 4.26. The molecule has 0 unspecified atom stereocenters. The minimum Gasteiger partial charge on any atom is -0.384 e. The first-order chi connectivity index (χ1) is 9.40. The van der Waals surface area contributed by atoms with Gasteiger partial charge in [-0.1, -0.05) is 0 Å². The molecule has 0 radical (unpaired) electrons. The molecule has 2 aromatic rings. The van der Waals surface area contributed by atoms with Gasteiger partial charge < -0.3 is 10.6 Å². The molecule has 1 heterocycles. The molecule has 0 amide bonds. The molecular formula is C13H12Br2FN3S. The highest BCUT2D eigenvalue weighted by Gasteiger charge is 2.16. The Labute approximate surface area is 137 Å². The van der Waals surface area contributed by atoms with Crippen molar-refractivity contribution in [2.24, 2.45) is 5.73 Å². The summed E-state index contributed by atoms with van der Waals surface area (Å²) >= 11 is 8.18. The van der Waals surface area contributed by atoms with Crippen molar-refractivity contribution in [1.82, 2.24) is 0 Å². The Bertz CT molecular complexity index is 657.